The van der Waals surface area contributed by atoms with Crippen LogP contribution in [0.1, 0.15) is 66.8 Å². The zero-order valence-electron chi connectivity index (χ0n) is 13.8. The van der Waals surface area contributed by atoms with Crippen molar-refractivity contribution in [2.45, 2.75) is 43.9 Å². The van der Waals surface area contributed by atoms with Crippen LogP contribution in [0.2, 0.25) is 0 Å². The number of benzene rings is 2. The summed E-state index contributed by atoms with van der Waals surface area (Å²) in [6.07, 6.45) is 6.20. The molecule has 0 amide bonds. The van der Waals surface area contributed by atoms with Crippen LogP contribution in [0.4, 0.5) is 0 Å². The quantitative estimate of drug-likeness (QED) is 0.655. The fourth-order valence-electron chi connectivity index (χ4n) is 3.66. The van der Waals surface area contributed by atoms with Gasteiger partial charge in [-0.1, -0.05) is 85.1 Å². The molecule has 0 saturated heterocycles. The van der Waals surface area contributed by atoms with Gasteiger partial charge in [-0.25, -0.2) is 0 Å². The molecule has 0 N–H and O–H groups in total. The molecule has 1 heterocycles. The standard InChI is InChI=1S/C21H22N2O/c1-4-10-16(11-5-1)19(17-12-6-2-7-13-17)20-22-21(24-23-20)18-14-8-3-9-15-18/h1-2,4-7,10-13,18-19H,3,8-9,14-15H2. The van der Waals surface area contributed by atoms with Crippen molar-refractivity contribution >= 4 is 0 Å². The molecule has 1 saturated carbocycles. The van der Waals surface area contributed by atoms with E-state index in [9.17, 15) is 0 Å². The summed E-state index contributed by atoms with van der Waals surface area (Å²) < 4.78 is 5.67. The van der Waals surface area contributed by atoms with E-state index in [1.165, 1.54) is 43.2 Å². The molecule has 3 aromatic rings. The van der Waals surface area contributed by atoms with Gasteiger partial charge in [-0.2, -0.15) is 4.98 Å². The average molecular weight is 318 g/mol. The van der Waals surface area contributed by atoms with Crippen molar-refractivity contribution in [1.29, 1.82) is 0 Å². The minimum absolute atomic E-state index is 0.0218. The lowest BCUT2D eigenvalue weighted by Gasteiger charge is -2.17. The lowest BCUT2D eigenvalue weighted by Crippen LogP contribution is -2.07. The molecule has 0 radical (unpaired) electrons. The molecule has 0 atom stereocenters. The Hall–Kier alpha value is -2.42. The van der Waals surface area contributed by atoms with Crippen molar-refractivity contribution in [3.05, 3.63) is 83.5 Å². The van der Waals surface area contributed by atoms with Crippen molar-refractivity contribution in [3.8, 4) is 0 Å². The van der Waals surface area contributed by atoms with Crippen LogP contribution in [0.25, 0.3) is 0 Å². The highest BCUT2D eigenvalue weighted by Crippen LogP contribution is 2.34. The summed E-state index contributed by atoms with van der Waals surface area (Å²) in [6.45, 7) is 0. The summed E-state index contributed by atoms with van der Waals surface area (Å²) in [5, 5.41) is 4.36. The van der Waals surface area contributed by atoms with E-state index in [4.69, 9.17) is 9.51 Å². The van der Waals surface area contributed by atoms with Crippen molar-refractivity contribution in [2.24, 2.45) is 0 Å². The van der Waals surface area contributed by atoms with Crippen LogP contribution in [-0.2, 0) is 0 Å². The molecule has 1 fully saturated rings. The Kier molecular flexibility index (Phi) is 4.41. The highest BCUT2D eigenvalue weighted by atomic mass is 16.5. The molecule has 3 nitrogen and oxygen atoms in total. The molecule has 0 spiro atoms. The van der Waals surface area contributed by atoms with Gasteiger partial charge >= 0.3 is 0 Å². The van der Waals surface area contributed by atoms with Crippen LogP contribution in [0.5, 0.6) is 0 Å². The molecule has 1 aliphatic carbocycles. The average Bonchev–Trinajstić information content (AvgIpc) is 3.14. The Labute approximate surface area is 142 Å². The summed E-state index contributed by atoms with van der Waals surface area (Å²) in [4.78, 5) is 4.81. The van der Waals surface area contributed by atoms with E-state index in [-0.39, 0.29) is 5.92 Å². The molecule has 3 heteroatoms. The molecule has 24 heavy (non-hydrogen) atoms. The van der Waals surface area contributed by atoms with Gasteiger partial charge in [-0.05, 0) is 24.0 Å². The van der Waals surface area contributed by atoms with Gasteiger partial charge in [-0.15, -0.1) is 0 Å². The smallest absolute Gasteiger partial charge is 0.229 e. The first-order chi connectivity index (χ1) is 11.9. The Morgan fingerprint density at radius 1 is 0.792 bits per heavy atom. The molecule has 0 unspecified atom stereocenters. The number of aromatic nitrogens is 2. The summed E-state index contributed by atoms with van der Waals surface area (Å²) in [5.74, 6) is 2.05. The third-order valence-electron chi connectivity index (χ3n) is 4.94. The number of hydrogen-bond acceptors (Lipinski definition) is 3. The van der Waals surface area contributed by atoms with Gasteiger partial charge in [0.05, 0.1) is 5.92 Å². The minimum atomic E-state index is 0.0218. The third-order valence-corrected chi connectivity index (χ3v) is 4.94. The number of nitrogens with zero attached hydrogens (tertiary/aromatic N) is 2. The fraction of sp³-hybridized carbons (Fsp3) is 0.333. The fourth-order valence-corrected chi connectivity index (χ4v) is 3.66. The van der Waals surface area contributed by atoms with Crippen molar-refractivity contribution in [1.82, 2.24) is 10.1 Å². The van der Waals surface area contributed by atoms with E-state index in [1.807, 2.05) is 12.1 Å². The molecule has 1 aromatic heterocycles. The largest absolute Gasteiger partial charge is 0.339 e. The van der Waals surface area contributed by atoms with E-state index >= 15 is 0 Å². The van der Waals surface area contributed by atoms with E-state index in [1.54, 1.807) is 0 Å². The van der Waals surface area contributed by atoms with Gasteiger partial charge in [0, 0.05) is 5.92 Å². The zero-order chi connectivity index (χ0) is 16.2. The number of hydrogen-bond donors (Lipinski definition) is 0. The monoisotopic (exact) mass is 318 g/mol. The van der Waals surface area contributed by atoms with Crippen molar-refractivity contribution < 1.29 is 4.52 Å². The van der Waals surface area contributed by atoms with Crippen LogP contribution in [0.3, 0.4) is 0 Å². The van der Waals surface area contributed by atoms with Gasteiger partial charge in [0.2, 0.25) is 5.89 Å². The topological polar surface area (TPSA) is 38.9 Å². The van der Waals surface area contributed by atoms with Gasteiger partial charge in [0.25, 0.3) is 0 Å². The van der Waals surface area contributed by atoms with Crippen LogP contribution < -0.4 is 0 Å². The molecule has 2 aromatic carbocycles. The molecule has 4 rings (SSSR count). The molecular weight excluding hydrogens is 296 g/mol. The van der Waals surface area contributed by atoms with Gasteiger partial charge in [0.1, 0.15) is 0 Å². The molecule has 1 aliphatic rings. The first-order valence-corrected chi connectivity index (χ1v) is 8.85. The summed E-state index contributed by atoms with van der Waals surface area (Å²) in [6, 6.07) is 20.9. The summed E-state index contributed by atoms with van der Waals surface area (Å²) in [5.41, 5.74) is 2.39. The predicted octanol–water partition coefficient (Wildman–Crippen LogP) is 5.30. The highest BCUT2D eigenvalue weighted by Gasteiger charge is 2.26. The van der Waals surface area contributed by atoms with Crippen LogP contribution in [0.15, 0.2) is 65.2 Å². The predicted molar refractivity (Wildman–Crippen MR) is 94.0 cm³/mol. The Morgan fingerprint density at radius 3 is 1.96 bits per heavy atom. The summed E-state index contributed by atoms with van der Waals surface area (Å²) in [7, 11) is 0. The van der Waals surface area contributed by atoms with Crippen molar-refractivity contribution in [3.63, 3.8) is 0 Å². The van der Waals surface area contributed by atoms with Crippen LogP contribution >= 0.6 is 0 Å². The molecule has 122 valence electrons. The lowest BCUT2D eigenvalue weighted by atomic mass is 9.89. The van der Waals surface area contributed by atoms with Gasteiger partial charge in [0.15, 0.2) is 5.82 Å². The number of rotatable bonds is 4. The molecule has 0 bridgehead atoms. The second-order valence-corrected chi connectivity index (χ2v) is 6.58. The summed E-state index contributed by atoms with van der Waals surface area (Å²) >= 11 is 0. The van der Waals surface area contributed by atoms with Gasteiger partial charge in [-0.3, -0.25) is 0 Å². The zero-order valence-corrected chi connectivity index (χ0v) is 13.8. The minimum Gasteiger partial charge on any atom is -0.339 e. The Morgan fingerprint density at radius 2 is 1.38 bits per heavy atom. The molecule has 0 aliphatic heterocycles. The van der Waals surface area contributed by atoms with E-state index in [0.29, 0.717) is 5.92 Å². The van der Waals surface area contributed by atoms with E-state index < -0.39 is 0 Å². The Balaban J connectivity index is 1.70. The van der Waals surface area contributed by atoms with Crippen LogP contribution in [0, 0.1) is 0 Å². The third kappa shape index (κ3) is 3.12. The first kappa shape index (κ1) is 15.1. The van der Waals surface area contributed by atoms with Gasteiger partial charge < -0.3 is 4.52 Å². The maximum absolute atomic E-state index is 5.67. The second kappa shape index (κ2) is 7.00. The Bertz CT molecular complexity index is 721. The van der Waals surface area contributed by atoms with E-state index in [0.717, 1.165) is 11.7 Å². The SMILES string of the molecule is c1ccc(C(c2ccccc2)c2noc(C3CCCCC3)n2)cc1. The first-order valence-electron chi connectivity index (χ1n) is 8.85. The second-order valence-electron chi connectivity index (χ2n) is 6.58. The highest BCUT2D eigenvalue weighted by molar-refractivity contribution is 5.37. The molecular formula is C21H22N2O. The maximum atomic E-state index is 5.67. The lowest BCUT2D eigenvalue weighted by molar-refractivity contribution is 0.312. The van der Waals surface area contributed by atoms with Crippen LogP contribution in [-0.4, -0.2) is 10.1 Å². The van der Waals surface area contributed by atoms with Crippen molar-refractivity contribution in [2.75, 3.05) is 0 Å². The normalized spacial score (nSPS) is 15.7. The van der Waals surface area contributed by atoms with E-state index in [2.05, 4.69) is 53.7 Å². The maximum Gasteiger partial charge on any atom is 0.229 e.